The molecule has 0 aliphatic rings. The molecule has 0 amide bonds. The van der Waals surface area contributed by atoms with Gasteiger partial charge in [-0.3, -0.25) is 0 Å². The van der Waals surface area contributed by atoms with E-state index in [1.807, 2.05) is 6.92 Å². The Hall–Kier alpha value is -0.480. The summed E-state index contributed by atoms with van der Waals surface area (Å²) >= 11 is 3.39. The third kappa shape index (κ3) is 3.52. The van der Waals surface area contributed by atoms with Crippen molar-refractivity contribution in [2.24, 2.45) is 5.92 Å². The highest BCUT2D eigenvalue weighted by Gasteiger charge is 2.12. The number of alkyl halides is 1. The molecule has 0 aromatic heterocycles. The van der Waals surface area contributed by atoms with Crippen LogP contribution in [-0.2, 0) is 6.54 Å². The molecule has 1 rings (SSSR count). The highest BCUT2D eigenvalue weighted by Crippen LogP contribution is 2.12. The second kappa shape index (κ2) is 6.30. The molecule has 0 bridgehead atoms. The zero-order chi connectivity index (χ0) is 12.1. The van der Waals surface area contributed by atoms with E-state index in [1.54, 1.807) is 6.07 Å². The van der Waals surface area contributed by atoms with E-state index >= 15 is 0 Å². The van der Waals surface area contributed by atoms with Gasteiger partial charge in [-0.25, -0.2) is 8.78 Å². The van der Waals surface area contributed by atoms with Crippen LogP contribution in [0.5, 0.6) is 0 Å². The van der Waals surface area contributed by atoms with Gasteiger partial charge in [0.2, 0.25) is 0 Å². The molecule has 16 heavy (non-hydrogen) atoms. The van der Waals surface area contributed by atoms with Crippen LogP contribution in [0.1, 0.15) is 19.4 Å². The topological polar surface area (TPSA) is 12.0 Å². The molecule has 0 heterocycles. The molecule has 0 spiro atoms. The summed E-state index contributed by atoms with van der Waals surface area (Å²) in [6.45, 7) is 4.47. The lowest BCUT2D eigenvalue weighted by molar-refractivity contribution is 0.423. The molecule has 90 valence electrons. The molecule has 0 radical (unpaired) electrons. The van der Waals surface area contributed by atoms with E-state index in [0.29, 0.717) is 18.0 Å². The molecule has 4 heteroatoms. The first-order chi connectivity index (χ1) is 7.56. The van der Waals surface area contributed by atoms with Crippen molar-refractivity contribution in [3.05, 3.63) is 35.4 Å². The molecule has 0 fully saturated rings. The SMILES string of the molecule is CC(CBr)C(C)NCc1cccc(F)c1F. The first-order valence-corrected chi connectivity index (χ1v) is 6.40. The van der Waals surface area contributed by atoms with Crippen molar-refractivity contribution in [2.75, 3.05) is 5.33 Å². The zero-order valence-electron chi connectivity index (χ0n) is 9.43. The minimum Gasteiger partial charge on any atom is -0.310 e. The van der Waals surface area contributed by atoms with Crippen molar-refractivity contribution in [1.82, 2.24) is 5.32 Å². The molecular weight excluding hydrogens is 276 g/mol. The van der Waals surface area contributed by atoms with E-state index in [0.717, 1.165) is 11.4 Å². The van der Waals surface area contributed by atoms with Crippen molar-refractivity contribution < 1.29 is 8.78 Å². The molecule has 0 aliphatic carbocycles. The molecule has 1 aromatic rings. The normalized spacial score (nSPS) is 14.8. The predicted molar refractivity (Wildman–Crippen MR) is 65.6 cm³/mol. The molecule has 1 N–H and O–H groups in total. The summed E-state index contributed by atoms with van der Waals surface area (Å²) in [5.41, 5.74) is 0.369. The van der Waals surface area contributed by atoms with Crippen LogP contribution >= 0.6 is 15.9 Å². The molecule has 0 saturated carbocycles. The summed E-state index contributed by atoms with van der Waals surface area (Å²) in [7, 11) is 0. The van der Waals surface area contributed by atoms with Crippen LogP contribution in [0.2, 0.25) is 0 Å². The average molecular weight is 292 g/mol. The van der Waals surface area contributed by atoms with E-state index < -0.39 is 11.6 Å². The van der Waals surface area contributed by atoms with Crippen LogP contribution in [0.4, 0.5) is 8.78 Å². The Kier molecular flexibility index (Phi) is 5.35. The number of nitrogens with one attached hydrogen (secondary N) is 1. The Balaban J connectivity index is 2.58. The lowest BCUT2D eigenvalue weighted by atomic mass is 10.1. The van der Waals surface area contributed by atoms with Crippen LogP contribution in [-0.4, -0.2) is 11.4 Å². The number of benzene rings is 1. The monoisotopic (exact) mass is 291 g/mol. The van der Waals surface area contributed by atoms with Crippen molar-refractivity contribution in [1.29, 1.82) is 0 Å². The van der Waals surface area contributed by atoms with E-state index in [1.165, 1.54) is 6.07 Å². The molecule has 0 saturated heterocycles. The summed E-state index contributed by atoms with van der Waals surface area (Å²) < 4.78 is 26.2. The Bertz CT molecular complexity index is 344. The summed E-state index contributed by atoms with van der Waals surface area (Å²) in [5, 5.41) is 4.06. The summed E-state index contributed by atoms with van der Waals surface area (Å²) in [4.78, 5) is 0. The average Bonchev–Trinajstić information content (AvgIpc) is 2.29. The lowest BCUT2D eigenvalue weighted by Crippen LogP contribution is -2.32. The molecule has 2 unspecified atom stereocenters. The summed E-state index contributed by atoms with van der Waals surface area (Å²) in [6, 6.07) is 4.50. The van der Waals surface area contributed by atoms with E-state index in [2.05, 4.69) is 28.2 Å². The number of rotatable bonds is 5. The molecule has 1 aromatic carbocycles. The van der Waals surface area contributed by atoms with Crippen LogP contribution < -0.4 is 5.32 Å². The second-order valence-corrected chi connectivity index (χ2v) is 4.66. The largest absolute Gasteiger partial charge is 0.310 e. The standard InChI is InChI=1S/C12H16BrF2N/c1-8(6-13)9(2)16-7-10-4-3-5-11(14)12(10)15/h3-5,8-9,16H,6-7H2,1-2H3. The molecule has 2 atom stereocenters. The van der Waals surface area contributed by atoms with Gasteiger partial charge in [0.1, 0.15) is 0 Å². The summed E-state index contributed by atoms with van der Waals surface area (Å²) in [5.74, 6) is -1.11. The Morgan fingerprint density at radius 1 is 1.31 bits per heavy atom. The van der Waals surface area contributed by atoms with E-state index in [-0.39, 0.29) is 6.04 Å². The number of hydrogen-bond acceptors (Lipinski definition) is 1. The lowest BCUT2D eigenvalue weighted by Gasteiger charge is -2.19. The van der Waals surface area contributed by atoms with Crippen LogP contribution in [0, 0.1) is 17.6 Å². The van der Waals surface area contributed by atoms with Gasteiger partial charge in [-0.15, -0.1) is 0 Å². The minimum absolute atomic E-state index is 0.252. The third-order valence-electron chi connectivity index (χ3n) is 2.74. The fraction of sp³-hybridized carbons (Fsp3) is 0.500. The number of hydrogen-bond donors (Lipinski definition) is 1. The quantitative estimate of drug-likeness (QED) is 0.819. The van der Waals surface area contributed by atoms with Crippen molar-refractivity contribution in [2.45, 2.75) is 26.4 Å². The van der Waals surface area contributed by atoms with Crippen molar-refractivity contribution in [3.8, 4) is 0 Å². The first kappa shape index (κ1) is 13.6. The predicted octanol–water partition coefficient (Wildman–Crippen LogP) is 3.47. The maximum atomic E-state index is 13.3. The van der Waals surface area contributed by atoms with E-state index in [4.69, 9.17) is 0 Å². The van der Waals surface area contributed by atoms with Crippen molar-refractivity contribution in [3.63, 3.8) is 0 Å². The third-order valence-corrected chi connectivity index (χ3v) is 3.76. The first-order valence-electron chi connectivity index (χ1n) is 5.28. The highest BCUT2D eigenvalue weighted by molar-refractivity contribution is 9.09. The van der Waals surface area contributed by atoms with Gasteiger partial charge in [0.05, 0.1) is 0 Å². The van der Waals surface area contributed by atoms with E-state index in [9.17, 15) is 8.78 Å². The van der Waals surface area contributed by atoms with Crippen molar-refractivity contribution >= 4 is 15.9 Å². The molecular formula is C12H16BrF2N. The minimum atomic E-state index is -0.791. The maximum Gasteiger partial charge on any atom is 0.163 e. The smallest absolute Gasteiger partial charge is 0.163 e. The van der Waals surface area contributed by atoms with Crippen LogP contribution in [0.25, 0.3) is 0 Å². The van der Waals surface area contributed by atoms with Gasteiger partial charge in [0.25, 0.3) is 0 Å². The summed E-state index contributed by atoms with van der Waals surface area (Å²) in [6.07, 6.45) is 0. The maximum absolute atomic E-state index is 13.3. The Morgan fingerprint density at radius 2 is 2.00 bits per heavy atom. The molecule has 1 nitrogen and oxygen atoms in total. The fourth-order valence-electron chi connectivity index (χ4n) is 1.29. The Labute approximate surface area is 103 Å². The fourth-order valence-corrected chi connectivity index (χ4v) is 1.85. The van der Waals surface area contributed by atoms with Crippen LogP contribution in [0.3, 0.4) is 0 Å². The zero-order valence-corrected chi connectivity index (χ0v) is 11.0. The van der Waals surface area contributed by atoms with Gasteiger partial charge >= 0.3 is 0 Å². The Morgan fingerprint density at radius 3 is 2.62 bits per heavy atom. The van der Waals surface area contributed by atoms with Gasteiger partial charge in [-0.2, -0.15) is 0 Å². The van der Waals surface area contributed by atoms with Gasteiger partial charge < -0.3 is 5.32 Å². The van der Waals surface area contributed by atoms with Gasteiger partial charge in [-0.05, 0) is 18.9 Å². The van der Waals surface area contributed by atoms with Gasteiger partial charge in [0, 0.05) is 23.5 Å². The second-order valence-electron chi connectivity index (χ2n) is 4.01. The van der Waals surface area contributed by atoms with Gasteiger partial charge in [-0.1, -0.05) is 35.0 Å². The highest BCUT2D eigenvalue weighted by atomic mass is 79.9. The molecule has 0 aliphatic heterocycles. The number of halogens is 3. The van der Waals surface area contributed by atoms with Crippen LogP contribution in [0.15, 0.2) is 18.2 Å². The van der Waals surface area contributed by atoms with Gasteiger partial charge in [0.15, 0.2) is 11.6 Å².